The first-order valence-electron chi connectivity index (χ1n) is 8.62. The summed E-state index contributed by atoms with van der Waals surface area (Å²) in [5.74, 6) is 2.36. The molecule has 0 aliphatic heterocycles. The Morgan fingerprint density at radius 2 is 2.00 bits per heavy atom. The Balaban J connectivity index is 1.78. The lowest BCUT2D eigenvalue weighted by molar-refractivity contribution is 0.248. The highest BCUT2D eigenvalue weighted by molar-refractivity contribution is 7.09. The maximum atomic E-state index is 5.93. The molecule has 0 N–H and O–H groups in total. The summed E-state index contributed by atoms with van der Waals surface area (Å²) in [6.07, 6.45) is 0. The molecule has 1 atom stereocenters. The van der Waals surface area contributed by atoms with Gasteiger partial charge in [0.25, 0.3) is 0 Å². The number of ether oxygens (including phenoxy) is 1. The van der Waals surface area contributed by atoms with E-state index in [1.54, 1.807) is 18.4 Å². The molecule has 0 fully saturated rings. The van der Waals surface area contributed by atoms with Crippen LogP contribution in [0.1, 0.15) is 40.7 Å². The van der Waals surface area contributed by atoms with Crippen LogP contribution in [0.15, 0.2) is 28.0 Å². The van der Waals surface area contributed by atoms with Crippen molar-refractivity contribution in [3.8, 4) is 17.2 Å². The van der Waals surface area contributed by atoms with Gasteiger partial charge < -0.3 is 9.15 Å². The molecule has 0 saturated carbocycles. The molecule has 26 heavy (non-hydrogen) atoms. The molecule has 0 saturated heterocycles. The predicted octanol–water partition coefficient (Wildman–Crippen LogP) is 4.92. The van der Waals surface area contributed by atoms with Crippen LogP contribution in [0.2, 0.25) is 0 Å². The number of thiazole rings is 1. The minimum atomic E-state index is 0.233. The van der Waals surface area contributed by atoms with E-state index >= 15 is 0 Å². The summed E-state index contributed by atoms with van der Waals surface area (Å²) in [7, 11) is 3.77. The summed E-state index contributed by atoms with van der Waals surface area (Å²) >= 11 is 1.70. The van der Waals surface area contributed by atoms with Gasteiger partial charge in [0, 0.05) is 23.2 Å². The van der Waals surface area contributed by atoms with Crippen LogP contribution in [0.5, 0.6) is 5.75 Å². The van der Waals surface area contributed by atoms with Crippen LogP contribution >= 0.6 is 11.3 Å². The third-order valence-electron chi connectivity index (χ3n) is 4.59. The normalized spacial score (nSPS) is 12.6. The zero-order valence-electron chi connectivity index (χ0n) is 16.2. The van der Waals surface area contributed by atoms with Gasteiger partial charge in [0.15, 0.2) is 0 Å². The first kappa shape index (κ1) is 18.6. The third kappa shape index (κ3) is 3.81. The van der Waals surface area contributed by atoms with Gasteiger partial charge in [-0.2, -0.15) is 0 Å². The average molecular weight is 372 g/mol. The van der Waals surface area contributed by atoms with Gasteiger partial charge >= 0.3 is 0 Å². The van der Waals surface area contributed by atoms with Crippen molar-refractivity contribution in [2.45, 2.75) is 40.3 Å². The van der Waals surface area contributed by atoms with Crippen LogP contribution in [0.4, 0.5) is 0 Å². The minimum Gasteiger partial charge on any atom is -0.496 e. The summed E-state index contributed by atoms with van der Waals surface area (Å²) in [5, 5.41) is 3.21. The van der Waals surface area contributed by atoms with Gasteiger partial charge in [-0.15, -0.1) is 11.3 Å². The Kier molecular flexibility index (Phi) is 5.44. The van der Waals surface area contributed by atoms with Crippen molar-refractivity contribution in [1.29, 1.82) is 0 Å². The Bertz CT molecular complexity index is 900. The van der Waals surface area contributed by atoms with E-state index in [4.69, 9.17) is 14.1 Å². The highest BCUT2D eigenvalue weighted by Gasteiger charge is 2.19. The van der Waals surface area contributed by atoms with Crippen molar-refractivity contribution in [1.82, 2.24) is 14.9 Å². The van der Waals surface area contributed by atoms with Crippen molar-refractivity contribution < 1.29 is 9.15 Å². The zero-order chi connectivity index (χ0) is 18.8. The van der Waals surface area contributed by atoms with Crippen LogP contribution in [0, 0.1) is 20.8 Å². The number of aromatic nitrogens is 2. The molecular weight excluding hydrogens is 346 g/mol. The molecule has 0 aliphatic carbocycles. The molecule has 0 bridgehead atoms. The number of methoxy groups -OCH3 is 1. The maximum absolute atomic E-state index is 5.93. The molecule has 0 aliphatic rings. The Morgan fingerprint density at radius 3 is 2.62 bits per heavy atom. The van der Waals surface area contributed by atoms with Crippen LogP contribution in [0.25, 0.3) is 11.5 Å². The number of hydrogen-bond acceptors (Lipinski definition) is 6. The molecule has 5 nitrogen and oxygen atoms in total. The van der Waals surface area contributed by atoms with E-state index in [1.807, 2.05) is 39.0 Å². The van der Waals surface area contributed by atoms with Crippen LogP contribution < -0.4 is 4.74 Å². The van der Waals surface area contributed by atoms with E-state index in [0.717, 1.165) is 39.0 Å². The second kappa shape index (κ2) is 7.60. The molecular formula is C20H25N3O2S. The number of benzene rings is 1. The second-order valence-corrected chi connectivity index (χ2v) is 7.51. The molecule has 2 aromatic heterocycles. The molecule has 6 heteroatoms. The van der Waals surface area contributed by atoms with Crippen molar-refractivity contribution in [2.24, 2.45) is 0 Å². The average Bonchev–Trinajstić information content (AvgIpc) is 3.20. The van der Waals surface area contributed by atoms with E-state index in [2.05, 4.69) is 29.2 Å². The van der Waals surface area contributed by atoms with Crippen molar-refractivity contribution in [2.75, 3.05) is 14.2 Å². The number of hydrogen-bond donors (Lipinski definition) is 0. The van der Waals surface area contributed by atoms with Gasteiger partial charge in [0.05, 0.1) is 18.8 Å². The fourth-order valence-corrected chi connectivity index (χ4v) is 3.75. The number of oxazole rings is 1. The largest absolute Gasteiger partial charge is 0.496 e. The summed E-state index contributed by atoms with van der Waals surface area (Å²) in [5.41, 5.74) is 4.05. The van der Waals surface area contributed by atoms with Gasteiger partial charge in [-0.05, 0) is 58.5 Å². The van der Waals surface area contributed by atoms with Gasteiger partial charge in [0.2, 0.25) is 5.89 Å². The zero-order valence-corrected chi connectivity index (χ0v) is 17.0. The third-order valence-corrected chi connectivity index (χ3v) is 5.72. The predicted molar refractivity (Wildman–Crippen MR) is 105 cm³/mol. The molecule has 0 spiro atoms. The fourth-order valence-electron chi connectivity index (χ4n) is 2.84. The lowest BCUT2D eigenvalue weighted by Gasteiger charge is -2.21. The molecule has 3 rings (SSSR count). The summed E-state index contributed by atoms with van der Waals surface area (Å²) < 4.78 is 11.3. The summed E-state index contributed by atoms with van der Waals surface area (Å²) in [6.45, 7) is 8.89. The Hall–Kier alpha value is -2.18. The number of rotatable bonds is 6. The smallest absolute Gasteiger partial charge is 0.226 e. The highest BCUT2D eigenvalue weighted by Crippen LogP contribution is 2.29. The van der Waals surface area contributed by atoms with E-state index < -0.39 is 0 Å². The van der Waals surface area contributed by atoms with Gasteiger partial charge in [0.1, 0.15) is 16.5 Å². The quantitative estimate of drug-likeness (QED) is 0.615. The van der Waals surface area contributed by atoms with Crippen LogP contribution in [-0.4, -0.2) is 29.0 Å². The Labute approximate surface area is 158 Å². The van der Waals surface area contributed by atoms with E-state index in [0.29, 0.717) is 12.4 Å². The number of aryl methyl sites for hydroxylation is 3. The first-order valence-corrected chi connectivity index (χ1v) is 9.50. The second-order valence-electron chi connectivity index (χ2n) is 6.62. The first-order chi connectivity index (χ1) is 12.4. The molecule has 0 radical (unpaired) electrons. The number of nitrogens with zero attached hydrogens (tertiary/aromatic N) is 3. The topological polar surface area (TPSA) is 51.4 Å². The van der Waals surface area contributed by atoms with Crippen molar-refractivity contribution in [3.05, 3.63) is 51.3 Å². The molecule has 0 amide bonds. The van der Waals surface area contributed by atoms with E-state index in [9.17, 15) is 0 Å². The highest BCUT2D eigenvalue weighted by atomic mass is 32.1. The van der Waals surface area contributed by atoms with Crippen LogP contribution in [-0.2, 0) is 6.54 Å². The molecule has 3 aromatic rings. The van der Waals surface area contributed by atoms with Gasteiger partial charge in [-0.3, -0.25) is 4.90 Å². The van der Waals surface area contributed by atoms with Crippen molar-refractivity contribution >= 4 is 11.3 Å². The van der Waals surface area contributed by atoms with Gasteiger partial charge in [-0.25, -0.2) is 9.97 Å². The monoisotopic (exact) mass is 371 g/mol. The van der Waals surface area contributed by atoms with Crippen molar-refractivity contribution in [3.63, 3.8) is 0 Å². The molecule has 0 unspecified atom stereocenters. The molecule has 138 valence electrons. The van der Waals surface area contributed by atoms with Crippen LogP contribution in [0.3, 0.4) is 0 Å². The molecule has 2 heterocycles. The SMILES string of the molecule is COc1ccc(-c2nc(CN(C)[C@H](C)c3nc(C)cs3)c(C)o2)cc1C. The maximum Gasteiger partial charge on any atom is 0.226 e. The standard InChI is InChI=1S/C20H25N3O2S/c1-12-9-16(7-8-18(12)24-6)19-22-17(15(4)25-19)10-23(5)14(3)20-21-13(2)11-26-20/h7-9,11,14H,10H2,1-6H3/t14-/m1/s1. The lowest BCUT2D eigenvalue weighted by atomic mass is 10.1. The van der Waals surface area contributed by atoms with E-state index in [-0.39, 0.29) is 6.04 Å². The molecule has 1 aromatic carbocycles. The summed E-state index contributed by atoms with van der Waals surface area (Å²) in [4.78, 5) is 11.6. The minimum absolute atomic E-state index is 0.233. The van der Waals surface area contributed by atoms with E-state index in [1.165, 1.54) is 0 Å². The fraction of sp³-hybridized carbons (Fsp3) is 0.400. The van der Waals surface area contributed by atoms with Gasteiger partial charge in [-0.1, -0.05) is 0 Å². The Morgan fingerprint density at radius 1 is 1.23 bits per heavy atom. The summed E-state index contributed by atoms with van der Waals surface area (Å²) in [6, 6.07) is 6.20. The lowest BCUT2D eigenvalue weighted by Crippen LogP contribution is -2.22.